The minimum absolute atomic E-state index is 0.105. The number of aromatic nitrogens is 2. The summed E-state index contributed by atoms with van der Waals surface area (Å²) >= 11 is 0. The summed E-state index contributed by atoms with van der Waals surface area (Å²) in [4.78, 5) is 11.8. The molecule has 1 aromatic heterocycles. The molecule has 21 heavy (non-hydrogen) atoms. The monoisotopic (exact) mass is 292 g/mol. The van der Waals surface area contributed by atoms with Crippen LogP contribution in [-0.2, 0) is 24.2 Å². The molecule has 1 aliphatic heterocycles. The van der Waals surface area contributed by atoms with E-state index in [1.807, 2.05) is 4.68 Å². The second-order valence-electron chi connectivity index (χ2n) is 6.32. The molecule has 0 radical (unpaired) electrons. The van der Waals surface area contributed by atoms with Crippen molar-refractivity contribution in [2.75, 3.05) is 0 Å². The lowest BCUT2D eigenvalue weighted by Gasteiger charge is -2.39. The highest BCUT2D eigenvalue weighted by molar-refractivity contribution is 5.78. The van der Waals surface area contributed by atoms with Gasteiger partial charge in [0.1, 0.15) is 0 Å². The summed E-state index contributed by atoms with van der Waals surface area (Å²) < 4.78 is 2.04. The highest BCUT2D eigenvalue weighted by Crippen LogP contribution is 2.28. The summed E-state index contributed by atoms with van der Waals surface area (Å²) in [7, 11) is 0. The summed E-state index contributed by atoms with van der Waals surface area (Å²) in [5.41, 5.74) is 7.95. The third-order valence-corrected chi connectivity index (χ3v) is 4.60. The minimum Gasteiger partial charge on any atom is -0.369 e. The second kappa shape index (κ2) is 6.60. The van der Waals surface area contributed by atoms with E-state index in [9.17, 15) is 4.79 Å². The Morgan fingerprint density at radius 3 is 2.76 bits per heavy atom. The van der Waals surface area contributed by atoms with E-state index in [0.717, 1.165) is 31.5 Å². The highest BCUT2D eigenvalue weighted by Gasteiger charge is 2.37. The van der Waals surface area contributed by atoms with E-state index in [-0.39, 0.29) is 17.9 Å². The number of nitrogens with one attached hydrogen (secondary N) is 1. The third-order valence-electron chi connectivity index (χ3n) is 4.60. The zero-order chi connectivity index (χ0) is 15.6. The Labute approximate surface area is 127 Å². The molecule has 0 saturated carbocycles. The minimum atomic E-state index is -0.190. The normalized spacial score (nSPS) is 29.5. The molecular formula is C16H28N4O. The number of carbonyl (C=O) groups is 1. The van der Waals surface area contributed by atoms with Gasteiger partial charge in [-0.15, -0.1) is 0 Å². The molecule has 0 bridgehead atoms. The number of piperidine rings is 1. The molecule has 118 valence electrons. The van der Waals surface area contributed by atoms with Crippen molar-refractivity contribution in [1.82, 2.24) is 15.1 Å². The van der Waals surface area contributed by atoms with Gasteiger partial charge in [0.25, 0.3) is 0 Å². The van der Waals surface area contributed by atoms with Gasteiger partial charge in [-0.2, -0.15) is 5.10 Å². The molecule has 2 heterocycles. The first-order valence-electron chi connectivity index (χ1n) is 8.07. The molecule has 3 N–H and O–H groups in total. The first-order chi connectivity index (χ1) is 9.96. The summed E-state index contributed by atoms with van der Waals surface area (Å²) in [6.07, 6.45) is 2.74. The van der Waals surface area contributed by atoms with Crippen LogP contribution in [0.5, 0.6) is 0 Å². The Kier molecular flexibility index (Phi) is 5.04. The van der Waals surface area contributed by atoms with E-state index in [4.69, 9.17) is 5.73 Å². The number of hydrogen-bond acceptors (Lipinski definition) is 3. The fraction of sp³-hybridized carbons (Fsp3) is 0.750. The number of hydrogen-bond donors (Lipinski definition) is 2. The van der Waals surface area contributed by atoms with Crippen molar-refractivity contribution in [1.29, 1.82) is 0 Å². The van der Waals surface area contributed by atoms with Crippen LogP contribution in [0, 0.1) is 11.8 Å². The molecule has 5 nitrogen and oxygen atoms in total. The van der Waals surface area contributed by atoms with Crippen LogP contribution in [0.25, 0.3) is 0 Å². The third kappa shape index (κ3) is 3.46. The van der Waals surface area contributed by atoms with E-state index in [1.165, 1.54) is 5.69 Å². The molecule has 1 saturated heterocycles. The van der Waals surface area contributed by atoms with Crippen LogP contribution in [0.1, 0.15) is 45.5 Å². The van der Waals surface area contributed by atoms with Crippen molar-refractivity contribution in [2.45, 2.75) is 65.6 Å². The first-order valence-corrected chi connectivity index (χ1v) is 8.07. The Bertz CT molecular complexity index is 496. The van der Waals surface area contributed by atoms with Gasteiger partial charge >= 0.3 is 0 Å². The molecule has 1 aromatic rings. The van der Waals surface area contributed by atoms with Crippen molar-refractivity contribution in [3.63, 3.8) is 0 Å². The molecular weight excluding hydrogens is 264 g/mol. The van der Waals surface area contributed by atoms with Crippen LogP contribution >= 0.6 is 0 Å². The van der Waals surface area contributed by atoms with Crippen LogP contribution in [0.4, 0.5) is 0 Å². The van der Waals surface area contributed by atoms with Crippen molar-refractivity contribution in [3.05, 3.63) is 17.5 Å². The van der Waals surface area contributed by atoms with Crippen LogP contribution in [0.15, 0.2) is 6.07 Å². The number of aryl methyl sites for hydroxylation is 2. The molecule has 4 unspecified atom stereocenters. The zero-order valence-electron chi connectivity index (χ0n) is 13.6. The van der Waals surface area contributed by atoms with Gasteiger partial charge in [-0.25, -0.2) is 0 Å². The number of amides is 1. The molecule has 1 fully saturated rings. The van der Waals surface area contributed by atoms with Crippen molar-refractivity contribution in [3.8, 4) is 0 Å². The van der Waals surface area contributed by atoms with E-state index in [2.05, 4.69) is 44.2 Å². The smallest absolute Gasteiger partial charge is 0.222 e. The maximum absolute atomic E-state index is 11.8. The molecule has 1 aliphatic rings. The Morgan fingerprint density at radius 2 is 2.19 bits per heavy atom. The van der Waals surface area contributed by atoms with Gasteiger partial charge in [0.05, 0.1) is 11.6 Å². The second-order valence-corrected chi connectivity index (χ2v) is 6.32. The molecule has 0 aliphatic carbocycles. The van der Waals surface area contributed by atoms with Gasteiger partial charge in [-0.1, -0.05) is 13.8 Å². The lowest BCUT2D eigenvalue weighted by molar-refractivity contribution is -0.125. The van der Waals surface area contributed by atoms with Gasteiger partial charge in [-0.05, 0) is 38.7 Å². The maximum Gasteiger partial charge on any atom is 0.222 e. The van der Waals surface area contributed by atoms with Gasteiger partial charge in [-0.3, -0.25) is 9.48 Å². The Balaban J connectivity index is 2.22. The van der Waals surface area contributed by atoms with Crippen LogP contribution in [-0.4, -0.2) is 27.8 Å². The highest BCUT2D eigenvalue weighted by atomic mass is 16.1. The van der Waals surface area contributed by atoms with E-state index in [0.29, 0.717) is 12.0 Å². The number of primary amides is 1. The van der Waals surface area contributed by atoms with Crippen LogP contribution < -0.4 is 11.1 Å². The van der Waals surface area contributed by atoms with Gasteiger partial charge in [0.2, 0.25) is 5.91 Å². The van der Waals surface area contributed by atoms with Crippen molar-refractivity contribution >= 4 is 5.91 Å². The molecule has 2 rings (SSSR count). The number of nitrogens with zero attached hydrogens (tertiary/aromatic N) is 2. The van der Waals surface area contributed by atoms with Gasteiger partial charge in [0.15, 0.2) is 0 Å². The Hall–Kier alpha value is -1.36. The quantitative estimate of drug-likeness (QED) is 0.863. The van der Waals surface area contributed by atoms with Crippen molar-refractivity contribution in [2.24, 2.45) is 17.6 Å². The molecule has 4 atom stereocenters. The van der Waals surface area contributed by atoms with Crippen LogP contribution in [0.3, 0.4) is 0 Å². The lowest BCUT2D eigenvalue weighted by Crippen LogP contribution is -2.55. The summed E-state index contributed by atoms with van der Waals surface area (Å²) in [6.45, 7) is 9.38. The topological polar surface area (TPSA) is 72.9 Å². The fourth-order valence-electron chi connectivity index (χ4n) is 3.65. The maximum atomic E-state index is 11.8. The van der Waals surface area contributed by atoms with Gasteiger partial charge < -0.3 is 11.1 Å². The molecule has 1 amide bonds. The summed E-state index contributed by atoms with van der Waals surface area (Å²) in [6, 6.07) is 2.69. The molecule has 0 aromatic carbocycles. The van der Waals surface area contributed by atoms with E-state index in [1.54, 1.807) is 0 Å². The average Bonchev–Trinajstić information content (AvgIpc) is 2.79. The predicted molar refractivity (Wildman–Crippen MR) is 83.8 cm³/mol. The zero-order valence-corrected chi connectivity index (χ0v) is 13.6. The summed E-state index contributed by atoms with van der Waals surface area (Å²) in [5.74, 6) is 0.0315. The van der Waals surface area contributed by atoms with Gasteiger partial charge in [0, 0.05) is 30.7 Å². The van der Waals surface area contributed by atoms with Crippen LogP contribution in [0.2, 0.25) is 0 Å². The molecule has 0 spiro atoms. The largest absolute Gasteiger partial charge is 0.369 e. The number of rotatable bonds is 5. The lowest BCUT2D eigenvalue weighted by atomic mass is 9.77. The van der Waals surface area contributed by atoms with E-state index < -0.39 is 0 Å². The van der Waals surface area contributed by atoms with Crippen molar-refractivity contribution < 1.29 is 4.79 Å². The number of nitrogens with two attached hydrogens (primary N) is 1. The first kappa shape index (κ1) is 16.0. The SMILES string of the molecule is CCc1cc(CC2NC(C)CC(C)C2C(N)=O)n(CC)n1. The van der Waals surface area contributed by atoms with E-state index >= 15 is 0 Å². The predicted octanol–water partition coefficient (Wildman–Crippen LogP) is 1.50. The standard InChI is InChI=1S/C16H28N4O/c1-5-12-8-13(20(6-2)19-12)9-14-15(16(17)21)10(3)7-11(4)18-14/h8,10-11,14-15,18H,5-7,9H2,1-4H3,(H2,17,21). The fourth-order valence-corrected chi connectivity index (χ4v) is 3.65. The Morgan fingerprint density at radius 1 is 1.48 bits per heavy atom. The number of carbonyl (C=O) groups excluding carboxylic acids is 1. The molecule has 5 heteroatoms. The summed E-state index contributed by atoms with van der Waals surface area (Å²) in [5, 5.41) is 8.16. The average molecular weight is 292 g/mol.